The second kappa shape index (κ2) is 7.41. The van der Waals surface area contributed by atoms with Crippen LogP contribution in [0, 0.1) is 11.7 Å². The number of carbonyl (C=O) groups excluding carboxylic acids is 1. The average Bonchev–Trinajstić information content (AvgIpc) is 3.26. The number of benzene rings is 1. The number of halogens is 1. The van der Waals surface area contributed by atoms with E-state index in [4.69, 9.17) is 9.47 Å². The first kappa shape index (κ1) is 16.4. The van der Waals surface area contributed by atoms with Crippen molar-refractivity contribution in [1.29, 1.82) is 0 Å². The summed E-state index contributed by atoms with van der Waals surface area (Å²) < 4.78 is 24.2. The van der Waals surface area contributed by atoms with E-state index in [1.165, 1.54) is 12.1 Å². The number of carbonyl (C=O) groups is 1. The van der Waals surface area contributed by atoms with Gasteiger partial charge < -0.3 is 14.8 Å². The van der Waals surface area contributed by atoms with Crippen molar-refractivity contribution in [1.82, 2.24) is 5.32 Å². The summed E-state index contributed by atoms with van der Waals surface area (Å²) in [6, 6.07) is 6.31. The van der Waals surface area contributed by atoms with Crippen LogP contribution >= 0.6 is 0 Å². The molecule has 1 amide bonds. The lowest BCUT2D eigenvalue weighted by atomic mass is 10.0. The zero-order chi connectivity index (χ0) is 16.2. The number of hydrogen-bond acceptors (Lipinski definition) is 3. The number of amides is 1. The van der Waals surface area contributed by atoms with Crippen LogP contribution in [-0.4, -0.2) is 31.3 Å². The van der Waals surface area contributed by atoms with Gasteiger partial charge in [0, 0.05) is 6.61 Å². The summed E-state index contributed by atoms with van der Waals surface area (Å²) in [7, 11) is 0. The highest BCUT2D eigenvalue weighted by Gasteiger charge is 2.34. The van der Waals surface area contributed by atoms with Gasteiger partial charge in [-0.2, -0.15) is 0 Å². The number of hydrogen-bond donors (Lipinski definition) is 1. The van der Waals surface area contributed by atoms with Crippen molar-refractivity contribution in [2.45, 2.75) is 50.9 Å². The lowest BCUT2D eigenvalue weighted by Gasteiger charge is -2.22. The molecule has 2 aliphatic rings. The molecule has 3 rings (SSSR count). The van der Waals surface area contributed by atoms with Crippen molar-refractivity contribution in [3.8, 4) is 0 Å². The average molecular weight is 321 g/mol. The first-order valence-electron chi connectivity index (χ1n) is 8.42. The van der Waals surface area contributed by atoms with E-state index in [2.05, 4.69) is 5.32 Å². The molecule has 1 aromatic carbocycles. The van der Waals surface area contributed by atoms with Gasteiger partial charge in [0.1, 0.15) is 11.9 Å². The molecule has 23 heavy (non-hydrogen) atoms. The highest BCUT2D eigenvalue weighted by Crippen LogP contribution is 2.41. The van der Waals surface area contributed by atoms with Gasteiger partial charge in [0.2, 0.25) is 5.91 Å². The molecule has 0 radical (unpaired) electrons. The summed E-state index contributed by atoms with van der Waals surface area (Å²) in [6.07, 6.45) is 3.83. The van der Waals surface area contributed by atoms with Crippen LogP contribution in [0.2, 0.25) is 0 Å². The Morgan fingerprint density at radius 3 is 2.70 bits per heavy atom. The normalized spacial score (nSPS) is 23.5. The van der Waals surface area contributed by atoms with Crippen LogP contribution < -0.4 is 5.32 Å². The second-order valence-corrected chi connectivity index (χ2v) is 6.49. The van der Waals surface area contributed by atoms with Crippen LogP contribution in [0.1, 0.15) is 44.2 Å². The van der Waals surface area contributed by atoms with E-state index < -0.39 is 6.10 Å². The van der Waals surface area contributed by atoms with E-state index in [9.17, 15) is 9.18 Å². The van der Waals surface area contributed by atoms with Gasteiger partial charge in [-0.3, -0.25) is 4.79 Å². The largest absolute Gasteiger partial charge is 0.376 e. The van der Waals surface area contributed by atoms with Crippen molar-refractivity contribution in [2.24, 2.45) is 5.92 Å². The van der Waals surface area contributed by atoms with Crippen molar-refractivity contribution in [2.75, 3.05) is 13.2 Å². The summed E-state index contributed by atoms with van der Waals surface area (Å²) in [5, 5.41) is 3.06. The Bertz CT molecular complexity index is 524. The molecular formula is C18H24FNO3. The van der Waals surface area contributed by atoms with Crippen LogP contribution in [0.4, 0.5) is 4.39 Å². The third-order valence-corrected chi connectivity index (χ3v) is 4.55. The number of rotatable bonds is 7. The summed E-state index contributed by atoms with van der Waals surface area (Å²) >= 11 is 0. The van der Waals surface area contributed by atoms with Gasteiger partial charge in [-0.25, -0.2) is 4.39 Å². The molecule has 3 atom stereocenters. The quantitative estimate of drug-likeness (QED) is 0.840. The predicted molar refractivity (Wildman–Crippen MR) is 84.4 cm³/mol. The monoisotopic (exact) mass is 321 g/mol. The van der Waals surface area contributed by atoms with Gasteiger partial charge in [0.15, 0.2) is 0 Å². The Hall–Kier alpha value is -1.46. The molecule has 1 N–H and O–H groups in total. The molecule has 0 unspecified atom stereocenters. The van der Waals surface area contributed by atoms with Crippen molar-refractivity contribution in [3.63, 3.8) is 0 Å². The van der Waals surface area contributed by atoms with Gasteiger partial charge in [0.25, 0.3) is 0 Å². The lowest BCUT2D eigenvalue weighted by molar-refractivity contribution is -0.134. The Morgan fingerprint density at radius 2 is 2.09 bits per heavy atom. The maximum Gasteiger partial charge on any atom is 0.249 e. The summed E-state index contributed by atoms with van der Waals surface area (Å²) in [5.74, 6) is 0.0573. The van der Waals surface area contributed by atoms with E-state index in [1.54, 1.807) is 19.1 Å². The van der Waals surface area contributed by atoms with Crippen molar-refractivity contribution >= 4 is 5.91 Å². The summed E-state index contributed by atoms with van der Waals surface area (Å²) in [4.78, 5) is 12.4. The molecule has 1 aliphatic heterocycles. The van der Waals surface area contributed by atoms with Crippen LogP contribution in [-0.2, 0) is 14.3 Å². The zero-order valence-corrected chi connectivity index (χ0v) is 13.5. The van der Waals surface area contributed by atoms with Gasteiger partial charge in [0.05, 0.1) is 18.8 Å². The zero-order valence-electron chi connectivity index (χ0n) is 13.5. The van der Waals surface area contributed by atoms with Crippen molar-refractivity contribution < 1.29 is 18.7 Å². The van der Waals surface area contributed by atoms with Crippen LogP contribution in [0.15, 0.2) is 24.3 Å². The molecule has 0 bridgehead atoms. The molecule has 126 valence electrons. The highest BCUT2D eigenvalue weighted by atomic mass is 19.1. The first-order chi connectivity index (χ1) is 11.1. The van der Waals surface area contributed by atoms with Gasteiger partial charge in [-0.15, -0.1) is 0 Å². The number of ether oxygens (including phenoxy) is 2. The molecule has 4 nitrogen and oxygen atoms in total. The minimum absolute atomic E-state index is 0.0584. The molecule has 2 fully saturated rings. The fraction of sp³-hybridized carbons (Fsp3) is 0.611. The maximum absolute atomic E-state index is 13.1. The second-order valence-electron chi connectivity index (χ2n) is 6.49. The Labute approximate surface area is 136 Å². The Kier molecular flexibility index (Phi) is 5.28. The summed E-state index contributed by atoms with van der Waals surface area (Å²) in [6.45, 7) is 3.00. The standard InChI is InChI=1S/C18H24FNO3/c1-12(23-11-16-3-2-10-22-16)18(21)20-17(13-4-5-13)14-6-8-15(19)9-7-14/h6-9,12-13,16-17H,2-5,10-11H2,1H3,(H,20,21)/t12-,16+,17-/m0/s1. The molecular weight excluding hydrogens is 297 g/mol. The smallest absolute Gasteiger partial charge is 0.249 e. The van der Waals surface area contributed by atoms with Crippen LogP contribution in [0.5, 0.6) is 0 Å². The molecule has 0 aromatic heterocycles. The Morgan fingerprint density at radius 1 is 1.35 bits per heavy atom. The van der Waals surface area contributed by atoms with Gasteiger partial charge in [-0.05, 0) is 56.2 Å². The SMILES string of the molecule is C[C@H](OC[C@H]1CCCO1)C(=O)N[C@H](c1ccc(F)cc1)C1CC1. The van der Waals surface area contributed by atoms with E-state index >= 15 is 0 Å². The molecule has 5 heteroatoms. The van der Waals surface area contributed by atoms with E-state index in [0.29, 0.717) is 12.5 Å². The lowest BCUT2D eigenvalue weighted by Crippen LogP contribution is -2.39. The van der Waals surface area contributed by atoms with E-state index in [1.807, 2.05) is 0 Å². The minimum atomic E-state index is -0.513. The third-order valence-electron chi connectivity index (χ3n) is 4.55. The summed E-state index contributed by atoms with van der Waals surface area (Å²) in [5.41, 5.74) is 0.952. The minimum Gasteiger partial charge on any atom is -0.376 e. The topological polar surface area (TPSA) is 47.6 Å². The van der Waals surface area contributed by atoms with Crippen LogP contribution in [0.3, 0.4) is 0 Å². The van der Waals surface area contributed by atoms with Crippen LogP contribution in [0.25, 0.3) is 0 Å². The molecule has 1 heterocycles. The fourth-order valence-corrected chi connectivity index (χ4v) is 2.95. The van der Waals surface area contributed by atoms with Crippen molar-refractivity contribution in [3.05, 3.63) is 35.6 Å². The maximum atomic E-state index is 13.1. The van der Waals surface area contributed by atoms with E-state index in [-0.39, 0.29) is 23.9 Å². The molecule has 1 aliphatic carbocycles. The molecule has 1 saturated heterocycles. The van der Waals surface area contributed by atoms with Gasteiger partial charge >= 0.3 is 0 Å². The first-order valence-corrected chi connectivity index (χ1v) is 8.42. The Balaban J connectivity index is 1.54. The number of nitrogens with one attached hydrogen (secondary N) is 1. The van der Waals surface area contributed by atoms with Gasteiger partial charge in [-0.1, -0.05) is 12.1 Å². The molecule has 1 saturated carbocycles. The third kappa shape index (κ3) is 4.52. The fourth-order valence-electron chi connectivity index (χ4n) is 2.95. The van der Waals surface area contributed by atoms with E-state index in [0.717, 1.165) is 37.9 Å². The molecule has 1 aromatic rings. The predicted octanol–water partition coefficient (Wildman–Crippen LogP) is 2.98. The highest BCUT2D eigenvalue weighted by molar-refractivity contribution is 5.80. The molecule has 0 spiro atoms.